The predicted molar refractivity (Wildman–Crippen MR) is 81.5 cm³/mol. The van der Waals surface area contributed by atoms with E-state index in [1.165, 1.54) is 0 Å². The Morgan fingerprint density at radius 1 is 1.35 bits per heavy atom. The van der Waals surface area contributed by atoms with E-state index in [-0.39, 0.29) is 16.7 Å². The number of benzene rings is 1. The summed E-state index contributed by atoms with van der Waals surface area (Å²) in [4.78, 5) is 10.9. The number of hydrogen-bond acceptors (Lipinski definition) is 5. The van der Waals surface area contributed by atoms with Gasteiger partial charge in [0.2, 0.25) is 0 Å². The Labute approximate surface area is 119 Å². The number of ether oxygens (including phenoxy) is 1. The highest BCUT2D eigenvalue weighted by molar-refractivity contribution is 5.76. The minimum atomic E-state index is -0.353. The first-order valence-electron chi connectivity index (χ1n) is 6.95. The lowest BCUT2D eigenvalue weighted by atomic mass is 10.2. The number of nitro benzene ring substituents is 1. The Kier molecular flexibility index (Phi) is 6.79. The van der Waals surface area contributed by atoms with Crippen LogP contribution in [-0.4, -0.2) is 30.7 Å². The lowest BCUT2D eigenvalue weighted by Gasteiger charge is -2.16. The van der Waals surface area contributed by atoms with Crippen LogP contribution >= 0.6 is 0 Å². The first-order chi connectivity index (χ1) is 9.60. The number of nitrogens with one attached hydrogen (secondary N) is 2. The highest BCUT2D eigenvalue weighted by Gasteiger charge is 2.20. The van der Waals surface area contributed by atoms with Crippen LogP contribution in [0.1, 0.15) is 27.2 Å². The summed E-state index contributed by atoms with van der Waals surface area (Å²) in [5.74, 6) is 0. The molecule has 0 fully saturated rings. The number of para-hydroxylation sites is 1. The summed E-state index contributed by atoms with van der Waals surface area (Å²) in [5.41, 5.74) is 1.15. The second-order valence-corrected chi connectivity index (χ2v) is 4.59. The van der Waals surface area contributed by atoms with Gasteiger partial charge in [-0.3, -0.25) is 10.1 Å². The maximum Gasteiger partial charge on any atom is 0.315 e. The van der Waals surface area contributed by atoms with Gasteiger partial charge in [-0.25, -0.2) is 0 Å². The van der Waals surface area contributed by atoms with Crippen molar-refractivity contribution in [1.29, 1.82) is 0 Å². The summed E-state index contributed by atoms with van der Waals surface area (Å²) in [6, 6.07) is 5.26. The molecule has 2 N–H and O–H groups in total. The van der Waals surface area contributed by atoms with E-state index in [2.05, 4.69) is 10.6 Å². The Balaban J connectivity index is 2.91. The van der Waals surface area contributed by atoms with Gasteiger partial charge in [0.15, 0.2) is 0 Å². The van der Waals surface area contributed by atoms with E-state index in [4.69, 9.17) is 4.74 Å². The molecule has 0 saturated heterocycles. The third kappa shape index (κ3) is 4.70. The van der Waals surface area contributed by atoms with E-state index < -0.39 is 0 Å². The van der Waals surface area contributed by atoms with E-state index in [0.717, 1.165) is 6.42 Å². The summed E-state index contributed by atoms with van der Waals surface area (Å²) in [5, 5.41) is 17.5. The van der Waals surface area contributed by atoms with Gasteiger partial charge in [-0.1, -0.05) is 13.0 Å². The smallest absolute Gasteiger partial charge is 0.315 e. The summed E-state index contributed by atoms with van der Waals surface area (Å²) in [6.07, 6.45) is 0.912. The molecule has 0 aliphatic carbocycles. The van der Waals surface area contributed by atoms with Gasteiger partial charge in [0, 0.05) is 19.2 Å². The van der Waals surface area contributed by atoms with Gasteiger partial charge in [0.1, 0.15) is 11.4 Å². The van der Waals surface area contributed by atoms with Crippen LogP contribution < -0.4 is 10.6 Å². The van der Waals surface area contributed by atoms with Crippen LogP contribution in [0, 0.1) is 10.1 Å². The zero-order chi connectivity index (χ0) is 15.0. The van der Waals surface area contributed by atoms with Crippen LogP contribution in [0.15, 0.2) is 18.2 Å². The minimum Gasteiger partial charge on any atom is -0.380 e. The van der Waals surface area contributed by atoms with Crippen LogP contribution in [0.4, 0.5) is 17.1 Å². The van der Waals surface area contributed by atoms with Crippen LogP contribution in [0.2, 0.25) is 0 Å². The third-order valence-corrected chi connectivity index (χ3v) is 2.76. The fraction of sp³-hybridized carbons (Fsp3) is 0.571. The van der Waals surface area contributed by atoms with Crippen molar-refractivity contribution in [1.82, 2.24) is 0 Å². The monoisotopic (exact) mass is 281 g/mol. The average Bonchev–Trinajstić information content (AvgIpc) is 2.42. The van der Waals surface area contributed by atoms with Crippen molar-refractivity contribution in [3.8, 4) is 0 Å². The SMILES string of the molecule is CCCNc1cccc(NC(C)COCC)c1[N+](=O)[O-]. The summed E-state index contributed by atoms with van der Waals surface area (Å²) in [6.45, 7) is 7.73. The molecule has 0 amide bonds. The largest absolute Gasteiger partial charge is 0.380 e. The van der Waals surface area contributed by atoms with Crippen molar-refractivity contribution >= 4 is 17.1 Å². The second-order valence-electron chi connectivity index (χ2n) is 4.59. The molecular formula is C14H23N3O3. The molecule has 0 heterocycles. The zero-order valence-corrected chi connectivity index (χ0v) is 12.3. The summed E-state index contributed by atoms with van der Waals surface area (Å²) in [7, 11) is 0. The fourth-order valence-corrected chi connectivity index (χ4v) is 1.86. The molecule has 1 rings (SSSR count). The molecule has 1 atom stereocenters. The minimum absolute atomic E-state index is 0.00933. The number of nitro groups is 1. The molecule has 1 aromatic rings. The molecule has 0 aliphatic rings. The maximum atomic E-state index is 11.3. The lowest BCUT2D eigenvalue weighted by Crippen LogP contribution is -2.22. The van der Waals surface area contributed by atoms with Gasteiger partial charge in [0.25, 0.3) is 0 Å². The molecule has 0 bridgehead atoms. The quantitative estimate of drug-likeness (QED) is 0.536. The average molecular weight is 281 g/mol. The van der Waals surface area contributed by atoms with Crippen molar-refractivity contribution < 1.29 is 9.66 Å². The molecule has 0 saturated carbocycles. The standard InChI is InChI=1S/C14H23N3O3/c1-4-9-15-12-7-6-8-13(14(12)17(18)19)16-11(3)10-20-5-2/h6-8,11,15-16H,4-5,9-10H2,1-3H3. The van der Waals surface area contributed by atoms with Crippen molar-refractivity contribution in [3.63, 3.8) is 0 Å². The van der Waals surface area contributed by atoms with Gasteiger partial charge in [-0.2, -0.15) is 0 Å². The molecule has 112 valence electrons. The first-order valence-corrected chi connectivity index (χ1v) is 6.95. The lowest BCUT2D eigenvalue weighted by molar-refractivity contribution is -0.383. The molecule has 1 aromatic carbocycles. The molecule has 6 nitrogen and oxygen atoms in total. The molecular weight excluding hydrogens is 258 g/mol. The number of rotatable bonds is 9. The third-order valence-electron chi connectivity index (χ3n) is 2.76. The Morgan fingerprint density at radius 3 is 2.65 bits per heavy atom. The van der Waals surface area contributed by atoms with Gasteiger partial charge in [-0.15, -0.1) is 0 Å². The molecule has 1 unspecified atom stereocenters. The number of hydrogen-bond donors (Lipinski definition) is 2. The first kappa shape index (κ1) is 16.2. The highest BCUT2D eigenvalue weighted by atomic mass is 16.6. The zero-order valence-electron chi connectivity index (χ0n) is 12.3. The summed E-state index contributed by atoms with van der Waals surface area (Å²) < 4.78 is 5.31. The van der Waals surface area contributed by atoms with E-state index >= 15 is 0 Å². The fourth-order valence-electron chi connectivity index (χ4n) is 1.86. The van der Waals surface area contributed by atoms with Crippen molar-refractivity contribution in [2.24, 2.45) is 0 Å². The normalized spacial score (nSPS) is 11.9. The maximum absolute atomic E-state index is 11.3. The predicted octanol–water partition coefficient (Wildman–Crippen LogP) is 3.25. The van der Waals surface area contributed by atoms with Crippen LogP contribution in [0.5, 0.6) is 0 Å². The molecule has 0 spiro atoms. The molecule has 0 radical (unpaired) electrons. The summed E-state index contributed by atoms with van der Waals surface area (Å²) >= 11 is 0. The van der Waals surface area contributed by atoms with Crippen LogP contribution in [-0.2, 0) is 4.74 Å². The Bertz CT molecular complexity index is 438. The van der Waals surface area contributed by atoms with Gasteiger partial charge in [0.05, 0.1) is 11.5 Å². The Morgan fingerprint density at radius 2 is 2.05 bits per heavy atom. The van der Waals surface area contributed by atoms with Crippen molar-refractivity contribution in [2.45, 2.75) is 33.2 Å². The van der Waals surface area contributed by atoms with Gasteiger partial charge >= 0.3 is 5.69 Å². The van der Waals surface area contributed by atoms with E-state index in [1.807, 2.05) is 20.8 Å². The van der Waals surface area contributed by atoms with Crippen molar-refractivity contribution in [2.75, 3.05) is 30.4 Å². The Hall–Kier alpha value is -1.82. The molecule has 0 aliphatic heterocycles. The number of nitrogens with zero attached hydrogens (tertiary/aromatic N) is 1. The topological polar surface area (TPSA) is 76.4 Å². The van der Waals surface area contributed by atoms with E-state index in [9.17, 15) is 10.1 Å². The second kappa shape index (κ2) is 8.37. The highest BCUT2D eigenvalue weighted by Crippen LogP contribution is 2.33. The van der Waals surface area contributed by atoms with Crippen molar-refractivity contribution in [3.05, 3.63) is 28.3 Å². The van der Waals surface area contributed by atoms with Crippen LogP contribution in [0.3, 0.4) is 0 Å². The molecule has 0 aromatic heterocycles. The molecule has 6 heteroatoms. The van der Waals surface area contributed by atoms with E-state index in [0.29, 0.717) is 31.1 Å². The van der Waals surface area contributed by atoms with E-state index in [1.54, 1.807) is 18.2 Å². The number of anilines is 2. The van der Waals surface area contributed by atoms with Gasteiger partial charge < -0.3 is 15.4 Å². The van der Waals surface area contributed by atoms with Gasteiger partial charge in [-0.05, 0) is 32.4 Å². The molecule has 20 heavy (non-hydrogen) atoms. The van der Waals surface area contributed by atoms with Crippen LogP contribution in [0.25, 0.3) is 0 Å².